The van der Waals surface area contributed by atoms with Crippen LogP contribution in [0, 0.1) is 39.9 Å². The third-order valence-electron chi connectivity index (χ3n) is 10.8. The molecule has 5 rings (SSSR count). The molecule has 7 nitrogen and oxygen atoms in total. The molecule has 0 aromatic heterocycles. The average molecular weight is 503 g/mol. The molecule has 0 radical (unpaired) electrons. The van der Waals surface area contributed by atoms with E-state index in [0.29, 0.717) is 29.2 Å². The van der Waals surface area contributed by atoms with Gasteiger partial charge >= 0.3 is 17.9 Å². The number of fused-ring (bicyclic) bond motifs is 5. The maximum Gasteiger partial charge on any atom is 0.334 e. The third kappa shape index (κ3) is 4.10. The van der Waals surface area contributed by atoms with Crippen molar-refractivity contribution in [1.82, 2.24) is 0 Å². The molecule has 1 unspecified atom stereocenters. The van der Waals surface area contributed by atoms with Gasteiger partial charge in [-0.2, -0.15) is 0 Å². The minimum Gasteiger partial charge on any atom is -0.436 e. The molecule has 3 saturated carbocycles. The molecule has 0 bridgehead atoms. The minimum atomic E-state index is -1.09. The fourth-order valence-corrected chi connectivity index (χ4v) is 9.55. The van der Waals surface area contributed by atoms with Gasteiger partial charge in [-0.15, -0.1) is 0 Å². The van der Waals surface area contributed by atoms with Crippen LogP contribution < -0.4 is 0 Å². The summed E-state index contributed by atoms with van der Waals surface area (Å²) in [6.07, 6.45) is 8.06. The molecule has 1 saturated heterocycles. The Bertz CT molecular complexity index is 969. The summed E-state index contributed by atoms with van der Waals surface area (Å²) >= 11 is 0. The predicted molar refractivity (Wildman–Crippen MR) is 131 cm³/mol. The van der Waals surface area contributed by atoms with Gasteiger partial charge in [-0.3, -0.25) is 9.59 Å². The van der Waals surface area contributed by atoms with Gasteiger partial charge in [-0.1, -0.05) is 34.1 Å². The molecule has 36 heavy (non-hydrogen) atoms. The molecule has 0 spiro atoms. The standard InChI is InChI=1S/C29H42O7/c1-16(30)33-25-18-8-9-23-28(5,13-10-22-27(3,4)11-7-12-29(22,23)6)20(18)15-21(35-25)19-14-24(32)36-26(19)34-17(2)31/h14,18,20-23,25-26H,7-13,15H2,1-6H3/t18-,20+,21+,22?,23-,25+,26+,28-,29-/m0/s1. The summed E-state index contributed by atoms with van der Waals surface area (Å²) in [5.41, 5.74) is 1.22. The van der Waals surface area contributed by atoms with Crippen LogP contribution in [-0.4, -0.2) is 36.6 Å². The number of rotatable bonds is 3. The lowest BCUT2D eigenvalue weighted by Crippen LogP contribution is -2.62. The summed E-state index contributed by atoms with van der Waals surface area (Å²) in [5, 5.41) is 0. The number of esters is 3. The highest BCUT2D eigenvalue weighted by atomic mass is 16.7. The van der Waals surface area contributed by atoms with Crippen LogP contribution in [0.5, 0.6) is 0 Å². The topological polar surface area (TPSA) is 88.1 Å². The molecule has 2 aliphatic heterocycles. The van der Waals surface area contributed by atoms with Crippen molar-refractivity contribution in [2.75, 3.05) is 0 Å². The number of hydrogen-bond donors (Lipinski definition) is 0. The van der Waals surface area contributed by atoms with Crippen LogP contribution in [0.15, 0.2) is 11.6 Å². The predicted octanol–water partition coefficient (Wildman–Crippen LogP) is 5.31. The zero-order valence-electron chi connectivity index (χ0n) is 22.6. The smallest absolute Gasteiger partial charge is 0.334 e. The molecular formula is C29H42O7. The van der Waals surface area contributed by atoms with Crippen molar-refractivity contribution in [1.29, 1.82) is 0 Å². The van der Waals surface area contributed by atoms with Crippen molar-refractivity contribution < 1.29 is 33.3 Å². The first-order valence-electron chi connectivity index (χ1n) is 13.8. The van der Waals surface area contributed by atoms with Crippen molar-refractivity contribution in [3.63, 3.8) is 0 Å². The van der Waals surface area contributed by atoms with Gasteiger partial charge in [0.25, 0.3) is 6.29 Å². The minimum absolute atomic E-state index is 0.0724. The molecule has 7 heteroatoms. The molecule has 200 valence electrons. The van der Waals surface area contributed by atoms with Gasteiger partial charge in [-0.25, -0.2) is 4.79 Å². The van der Waals surface area contributed by atoms with Crippen LogP contribution in [0.1, 0.15) is 92.9 Å². The summed E-state index contributed by atoms with van der Waals surface area (Å²) in [5.74, 6) is 0.218. The SMILES string of the molecule is CC(=O)O[C@@H]1OC(=O)C=C1[C@H]1C[C@@H]2[C@H](CC[C@H]3[C@@]2(C)CCC2C(C)(C)CCC[C@@]23C)[C@H](OC(C)=O)O1. The molecule has 3 aliphatic carbocycles. The Morgan fingerprint density at radius 3 is 2.33 bits per heavy atom. The first-order valence-corrected chi connectivity index (χ1v) is 13.8. The monoisotopic (exact) mass is 502 g/mol. The van der Waals surface area contributed by atoms with E-state index in [9.17, 15) is 14.4 Å². The molecule has 5 aliphatic rings. The average Bonchev–Trinajstić information content (AvgIpc) is 3.11. The van der Waals surface area contributed by atoms with Crippen LogP contribution in [0.4, 0.5) is 0 Å². The summed E-state index contributed by atoms with van der Waals surface area (Å²) in [6, 6.07) is 0. The molecule has 0 N–H and O–H groups in total. The van der Waals surface area contributed by atoms with Gasteiger partial charge in [-0.05, 0) is 78.9 Å². The Balaban J connectivity index is 1.49. The van der Waals surface area contributed by atoms with E-state index in [0.717, 1.165) is 19.3 Å². The lowest BCUT2D eigenvalue weighted by Gasteiger charge is -2.67. The van der Waals surface area contributed by atoms with Gasteiger partial charge in [0.2, 0.25) is 6.29 Å². The Morgan fingerprint density at radius 2 is 1.64 bits per heavy atom. The number of hydrogen-bond acceptors (Lipinski definition) is 7. The first-order chi connectivity index (χ1) is 16.8. The molecular weight excluding hydrogens is 460 g/mol. The normalized spacial score (nSPS) is 45.3. The summed E-state index contributed by atoms with van der Waals surface area (Å²) in [7, 11) is 0. The maximum atomic E-state index is 12.2. The number of carbonyl (C=O) groups excluding carboxylic acids is 3. The van der Waals surface area contributed by atoms with Crippen LogP contribution in [-0.2, 0) is 33.3 Å². The lowest BCUT2D eigenvalue weighted by atomic mass is 9.38. The van der Waals surface area contributed by atoms with Gasteiger partial charge in [0.15, 0.2) is 0 Å². The highest BCUT2D eigenvalue weighted by molar-refractivity contribution is 5.86. The number of ether oxygens (including phenoxy) is 4. The number of cyclic esters (lactones) is 1. The Morgan fingerprint density at radius 1 is 0.917 bits per heavy atom. The Hall–Kier alpha value is -1.89. The Kier molecular flexibility index (Phi) is 6.33. The molecule has 2 heterocycles. The van der Waals surface area contributed by atoms with Gasteiger partial charge < -0.3 is 18.9 Å². The van der Waals surface area contributed by atoms with E-state index in [4.69, 9.17) is 18.9 Å². The first kappa shape index (κ1) is 25.7. The highest BCUT2D eigenvalue weighted by Gasteiger charge is 2.64. The van der Waals surface area contributed by atoms with Gasteiger partial charge in [0.05, 0.1) is 6.10 Å². The zero-order chi connectivity index (χ0) is 26.0. The van der Waals surface area contributed by atoms with Crippen molar-refractivity contribution in [2.45, 2.75) is 112 Å². The maximum absolute atomic E-state index is 12.2. The summed E-state index contributed by atoms with van der Waals surface area (Å²) in [6.45, 7) is 12.6. The summed E-state index contributed by atoms with van der Waals surface area (Å²) < 4.78 is 22.7. The fourth-order valence-electron chi connectivity index (χ4n) is 9.55. The van der Waals surface area contributed by atoms with E-state index < -0.39 is 30.6 Å². The van der Waals surface area contributed by atoms with Crippen LogP contribution >= 0.6 is 0 Å². The molecule has 0 aromatic rings. The van der Waals surface area contributed by atoms with Gasteiger partial charge in [0.1, 0.15) is 0 Å². The molecule has 9 atom stereocenters. The van der Waals surface area contributed by atoms with E-state index in [-0.39, 0.29) is 28.6 Å². The highest BCUT2D eigenvalue weighted by Crippen LogP contribution is 2.70. The molecule has 4 fully saturated rings. The van der Waals surface area contributed by atoms with E-state index in [1.54, 1.807) is 0 Å². The third-order valence-corrected chi connectivity index (χ3v) is 10.8. The van der Waals surface area contributed by atoms with Crippen molar-refractivity contribution in [3.8, 4) is 0 Å². The summed E-state index contributed by atoms with van der Waals surface area (Å²) in [4.78, 5) is 35.9. The lowest BCUT2D eigenvalue weighted by molar-refractivity contribution is -0.270. The second-order valence-corrected chi connectivity index (χ2v) is 13.2. The second kappa shape index (κ2) is 8.85. The van der Waals surface area contributed by atoms with E-state index in [1.165, 1.54) is 45.6 Å². The second-order valence-electron chi connectivity index (χ2n) is 13.2. The zero-order valence-corrected chi connectivity index (χ0v) is 22.6. The van der Waals surface area contributed by atoms with Crippen molar-refractivity contribution in [2.24, 2.45) is 39.9 Å². The number of carbonyl (C=O) groups is 3. The van der Waals surface area contributed by atoms with Crippen LogP contribution in [0.2, 0.25) is 0 Å². The van der Waals surface area contributed by atoms with Gasteiger partial charge in [0, 0.05) is 31.4 Å². The fraction of sp³-hybridized carbons (Fsp3) is 0.828. The van der Waals surface area contributed by atoms with Crippen molar-refractivity contribution in [3.05, 3.63) is 11.6 Å². The van der Waals surface area contributed by atoms with E-state index >= 15 is 0 Å². The largest absolute Gasteiger partial charge is 0.436 e. The molecule has 0 amide bonds. The Labute approximate surface area is 214 Å². The van der Waals surface area contributed by atoms with E-state index in [2.05, 4.69) is 27.7 Å². The quantitative estimate of drug-likeness (QED) is 0.483. The molecule has 0 aromatic carbocycles. The van der Waals surface area contributed by atoms with E-state index in [1.807, 2.05) is 0 Å². The van der Waals surface area contributed by atoms with Crippen LogP contribution in [0.25, 0.3) is 0 Å². The van der Waals surface area contributed by atoms with Crippen LogP contribution in [0.3, 0.4) is 0 Å². The van der Waals surface area contributed by atoms with Crippen molar-refractivity contribution >= 4 is 17.9 Å².